The Bertz CT molecular complexity index is 637. The van der Waals surface area contributed by atoms with E-state index >= 15 is 0 Å². The van der Waals surface area contributed by atoms with Gasteiger partial charge in [0, 0.05) is 0 Å². The number of hydrogen-bond acceptors (Lipinski definition) is 0. The fraction of sp³-hybridized carbons (Fsp3) is 0.429. The highest BCUT2D eigenvalue weighted by molar-refractivity contribution is 5.27. The molecule has 122 valence electrons. The van der Waals surface area contributed by atoms with Crippen LogP contribution in [0.3, 0.4) is 0 Å². The molecule has 0 aliphatic heterocycles. The van der Waals surface area contributed by atoms with Crippen molar-refractivity contribution < 1.29 is 8.78 Å². The van der Waals surface area contributed by atoms with E-state index in [4.69, 9.17) is 0 Å². The first-order chi connectivity index (χ1) is 11.1. The van der Waals surface area contributed by atoms with Gasteiger partial charge in [-0.15, -0.1) is 0 Å². The normalized spacial score (nSPS) is 21.3. The van der Waals surface area contributed by atoms with Crippen LogP contribution in [0.4, 0.5) is 8.78 Å². The maximum absolute atomic E-state index is 13.7. The molecule has 0 atom stereocenters. The molecular weight excluding hydrogens is 290 g/mol. The van der Waals surface area contributed by atoms with Gasteiger partial charge in [-0.2, -0.15) is 0 Å². The summed E-state index contributed by atoms with van der Waals surface area (Å²) in [5.41, 5.74) is 3.06. The summed E-state index contributed by atoms with van der Waals surface area (Å²) >= 11 is 0. The third-order valence-corrected chi connectivity index (χ3v) is 5.18. The van der Waals surface area contributed by atoms with Crippen molar-refractivity contribution in [1.29, 1.82) is 0 Å². The molecule has 2 aromatic rings. The van der Waals surface area contributed by atoms with Gasteiger partial charge in [0.25, 0.3) is 0 Å². The molecule has 1 saturated carbocycles. The molecule has 1 fully saturated rings. The van der Waals surface area contributed by atoms with Crippen molar-refractivity contribution in [3.63, 3.8) is 0 Å². The molecule has 3 rings (SSSR count). The minimum atomic E-state index is -0.760. The molecule has 0 N–H and O–H groups in total. The van der Waals surface area contributed by atoms with Crippen LogP contribution in [0.25, 0.3) is 0 Å². The van der Waals surface area contributed by atoms with Gasteiger partial charge >= 0.3 is 0 Å². The minimum Gasteiger partial charge on any atom is -0.204 e. The van der Waals surface area contributed by atoms with E-state index in [1.165, 1.54) is 42.9 Å². The minimum absolute atomic E-state index is 0.454. The molecule has 1 aliphatic carbocycles. The Balaban J connectivity index is 1.60. The van der Waals surface area contributed by atoms with Gasteiger partial charge < -0.3 is 0 Å². The topological polar surface area (TPSA) is 0 Å². The third-order valence-electron chi connectivity index (χ3n) is 5.18. The maximum atomic E-state index is 13.7. The van der Waals surface area contributed by atoms with Crippen molar-refractivity contribution in [3.05, 3.63) is 70.8 Å². The molecular formula is C21H24F2. The summed E-state index contributed by atoms with van der Waals surface area (Å²) in [6, 6.07) is 13.1. The fourth-order valence-corrected chi connectivity index (χ4v) is 3.57. The van der Waals surface area contributed by atoms with Crippen molar-refractivity contribution in [2.24, 2.45) is 5.92 Å². The Hall–Kier alpha value is -1.70. The summed E-state index contributed by atoms with van der Waals surface area (Å²) in [5, 5.41) is 0. The van der Waals surface area contributed by atoms with Crippen LogP contribution in [-0.4, -0.2) is 0 Å². The fourth-order valence-electron chi connectivity index (χ4n) is 3.57. The summed E-state index contributed by atoms with van der Waals surface area (Å²) in [5.74, 6) is 0.0948. The lowest BCUT2D eigenvalue weighted by Crippen LogP contribution is -2.10. The SMILES string of the molecule is CC1CCC(c2ccc(CCc3cccc(F)c3F)cc2)CC1. The van der Waals surface area contributed by atoms with Crippen LogP contribution in [0.15, 0.2) is 42.5 Å². The summed E-state index contributed by atoms with van der Waals surface area (Å²) in [7, 11) is 0. The van der Waals surface area contributed by atoms with Crippen LogP contribution in [0.2, 0.25) is 0 Å². The molecule has 0 radical (unpaired) electrons. The van der Waals surface area contributed by atoms with Crippen molar-refractivity contribution in [3.8, 4) is 0 Å². The van der Waals surface area contributed by atoms with E-state index < -0.39 is 11.6 Å². The van der Waals surface area contributed by atoms with Gasteiger partial charge in [-0.05, 0) is 60.3 Å². The smallest absolute Gasteiger partial charge is 0.162 e. The van der Waals surface area contributed by atoms with Crippen LogP contribution in [0, 0.1) is 17.6 Å². The summed E-state index contributed by atoms with van der Waals surface area (Å²) < 4.78 is 26.9. The van der Waals surface area contributed by atoms with Gasteiger partial charge in [-0.3, -0.25) is 0 Å². The van der Waals surface area contributed by atoms with Crippen LogP contribution >= 0.6 is 0 Å². The van der Waals surface area contributed by atoms with Crippen molar-refractivity contribution in [1.82, 2.24) is 0 Å². The largest absolute Gasteiger partial charge is 0.204 e. The van der Waals surface area contributed by atoms with E-state index in [0.717, 1.165) is 12.3 Å². The molecule has 23 heavy (non-hydrogen) atoms. The molecule has 0 heterocycles. The van der Waals surface area contributed by atoms with Crippen molar-refractivity contribution in [2.45, 2.75) is 51.4 Å². The molecule has 0 amide bonds. The molecule has 0 unspecified atom stereocenters. The maximum Gasteiger partial charge on any atom is 0.162 e. The number of halogens is 2. The average molecular weight is 314 g/mol. The van der Waals surface area contributed by atoms with Gasteiger partial charge in [-0.1, -0.05) is 56.2 Å². The Morgan fingerprint density at radius 3 is 2.26 bits per heavy atom. The second-order valence-electron chi connectivity index (χ2n) is 6.91. The summed E-state index contributed by atoms with van der Waals surface area (Å²) in [6.07, 6.45) is 6.49. The van der Waals surface area contributed by atoms with Crippen LogP contribution in [0.5, 0.6) is 0 Å². The van der Waals surface area contributed by atoms with Gasteiger partial charge in [0.15, 0.2) is 11.6 Å². The van der Waals surface area contributed by atoms with Crippen molar-refractivity contribution in [2.75, 3.05) is 0 Å². The number of aryl methyl sites for hydroxylation is 2. The Morgan fingerprint density at radius 1 is 0.870 bits per heavy atom. The molecule has 2 aromatic carbocycles. The molecule has 2 heteroatoms. The molecule has 0 saturated heterocycles. The van der Waals surface area contributed by atoms with E-state index in [1.807, 2.05) is 0 Å². The molecule has 0 nitrogen and oxygen atoms in total. The van der Waals surface area contributed by atoms with Gasteiger partial charge in [0.1, 0.15) is 0 Å². The zero-order chi connectivity index (χ0) is 16.2. The summed E-state index contributed by atoms with van der Waals surface area (Å²) in [6.45, 7) is 2.34. The lowest BCUT2D eigenvalue weighted by molar-refractivity contribution is 0.348. The van der Waals surface area contributed by atoms with Gasteiger partial charge in [-0.25, -0.2) is 8.78 Å². The van der Waals surface area contributed by atoms with Crippen LogP contribution in [0.1, 0.15) is 55.2 Å². The van der Waals surface area contributed by atoms with E-state index in [-0.39, 0.29) is 0 Å². The van der Waals surface area contributed by atoms with E-state index in [9.17, 15) is 8.78 Å². The van der Waals surface area contributed by atoms with Gasteiger partial charge in [0.05, 0.1) is 0 Å². The Kier molecular flexibility index (Phi) is 5.09. The lowest BCUT2D eigenvalue weighted by Gasteiger charge is -2.26. The molecule has 0 spiro atoms. The predicted molar refractivity (Wildman–Crippen MR) is 90.6 cm³/mol. The zero-order valence-electron chi connectivity index (χ0n) is 13.7. The second kappa shape index (κ2) is 7.25. The average Bonchev–Trinajstić information content (AvgIpc) is 2.57. The van der Waals surface area contributed by atoms with E-state index in [1.54, 1.807) is 12.1 Å². The Morgan fingerprint density at radius 2 is 1.57 bits per heavy atom. The molecule has 0 bridgehead atoms. The third kappa shape index (κ3) is 3.99. The summed E-state index contributed by atoms with van der Waals surface area (Å²) in [4.78, 5) is 0. The number of benzene rings is 2. The van der Waals surface area contributed by atoms with Crippen LogP contribution in [-0.2, 0) is 12.8 Å². The lowest BCUT2D eigenvalue weighted by atomic mass is 9.79. The first-order valence-electron chi connectivity index (χ1n) is 8.65. The quantitative estimate of drug-likeness (QED) is 0.645. The predicted octanol–water partition coefficient (Wildman–Crippen LogP) is 6.04. The highest BCUT2D eigenvalue weighted by atomic mass is 19.2. The first-order valence-corrected chi connectivity index (χ1v) is 8.65. The highest BCUT2D eigenvalue weighted by Crippen LogP contribution is 2.35. The van der Waals surface area contributed by atoms with Crippen molar-refractivity contribution >= 4 is 0 Å². The first kappa shape index (κ1) is 16.2. The number of rotatable bonds is 4. The number of hydrogen-bond donors (Lipinski definition) is 0. The monoisotopic (exact) mass is 314 g/mol. The second-order valence-corrected chi connectivity index (χ2v) is 6.91. The Labute approximate surface area is 137 Å². The van der Waals surface area contributed by atoms with Crippen LogP contribution < -0.4 is 0 Å². The van der Waals surface area contributed by atoms with E-state index in [0.29, 0.717) is 17.9 Å². The zero-order valence-corrected chi connectivity index (χ0v) is 13.7. The molecule has 0 aromatic heterocycles. The van der Waals surface area contributed by atoms with Gasteiger partial charge in [0.2, 0.25) is 0 Å². The standard InChI is InChI=1S/C21H24F2/c1-15-5-10-17(11-6-15)18-12-7-16(8-13-18)9-14-19-3-2-4-20(22)21(19)23/h2-4,7-8,12-13,15,17H,5-6,9-11,14H2,1H3. The molecule has 1 aliphatic rings. The van der Waals surface area contributed by atoms with E-state index in [2.05, 4.69) is 31.2 Å². The highest BCUT2D eigenvalue weighted by Gasteiger charge is 2.19.